The van der Waals surface area contributed by atoms with Crippen molar-refractivity contribution in [2.45, 2.75) is 18.1 Å². The van der Waals surface area contributed by atoms with E-state index < -0.39 is 17.7 Å². The maximum Gasteiger partial charge on any atom is 0.254 e. The van der Waals surface area contributed by atoms with Crippen LogP contribution in [0.15, 0.2) is 12.3 Å². The highest BCUT2D eigenvalue weighted by Crippen LogP contribution is 2.25. The summed E-state index contributed by atoms with van der Waals surface area (Å²) in [5.74, 6) is -1.92. The van der Waals surface area contributed by atoms with Crippen LogP contribution in [0.5, 0.6) is 0 Å². The highest BCUT2D eigenvalue weighted by molar-refractivity contribution is 8.00. The van der Waals surface area contributed by atoms with Crippen molar-refractivity contribution >= 4 is 17.7 Å². The number of pyridine rings is 1. The van der Waals surface area contributed by atoms with Crippen LogP contribution in [0, 0.1) is 11.8 Å². The number of carbonyl (C=O) groups is 1. The molecule has 2 heterocycles. The van der Waals surface area contributed by atoms with E-state index in [9.17, 15) is 13.6 Å². The largest absolute Gasteiger partial charge is 0.351 e. The molecule has 0 spiro atoms. The van der Waals surface area contributed by atoms with Gasteiger partial charge in [0.05, 0.1) is 5.56 Å². The molecule has 0 saturated carbocycles. The van der Waals surface area contributed by atoms with Gasteiger partial charge in [-0.1, -0.05) is 0 Å². The molecule has 3 nitrogen and oxygen atoms in total. The van der Waals surface area contributed by atoms with E-state index in [4.69, 9.17) is 0 Å². The number of rotatable bonds is 3. The average molecular weight is 258 g/mol. The fourth-order valence-electron chi connectivity index (χ4n) is 1.70. The second-order valence-electron chi connectivity index (χ2n) is 3.81. The predicted molar refractivity (Wildman–Crippen MR) is 62.0 cm³/mol. The standard InChI is InChI=1S/C11H12F2N2OS/c12-9-8(3-4-14-10(9)13)11(16)15-6-7-2-1-5-17-7/h3-4,7H,1-2,5-6H2,(H,15,16). The number of hydrogen-bond acceptors (Lipinski definition) is 3. The Kier molecular flexibility index (Phi) is 3.93. The molecule has 1 N–H and O–H groups in total. The van der Waals surface area contributed by atoms with E-state index in [1.54, 1.807) is 11.8 Å². The molecule has 0 bridgehead atoms. The first kappa shape index (κ1) is 12.3. The minimum absolute atomic E-state index is 0.291. The highest BCUT2D eigenvalue weighted by Gasteiger charge is 2.19. The van der Waals surface area contributed by atoms with Crippen LogP contribution in [0.25, 0.3) is 0 Å². The molecule has 92 valence electrons. The molecule has 0 aliphatic carbocycles. The van der Waals surface area contributed by atoms with Gasteiger partial charge in [0, 0.05) is 18.0 Å². The third-order valence-electron chi connectivity index (χ3n) is 2.61. The smallest absolute Gasteiger partial charge is 0.254 e. The normalized spacial score (nSPS) is 19.3. The predicted octanol–water partition coefficient (Wildman–Crippen LogP) is 1.99. The van der Waals surface area contributed by atoms with Gasteiger partial charge in [0.15, 0.2) is 5.82 Å². The summed E-state index contributed by atoms with van der Waals surface area (Å²) in [6, 6.07) is 1.18. The third kappa shape index (κ3) is 2.94. The van der Waals surface area contributed by atoms with Crippen molar-refractivity contribution in [2.75, 3.05) is 12.3 Å². The fourth-order valence-corrected chi connectivity index (χ4v) is 2.90. The number of thioether (sulfide) groups is 1. The highest BCUT2D eigenvalue weighted by atomic mass is 32.2. The number of aromatic nitrogens is 1. The van der Waals surface area contributed by atoms with Crippen LogP contribution in [-0.4, -0.2) is 28.4 Å². The van der Waals surface area contributed by atoms with E-state index in [-0.39, 0.29) is 5.56 Å². The Bertz CT molecular complexity index is 422. The first-order chi connectivity index (χ1) is 8.18. The molecule has 1 saturated heterocycles. The summed E-state index contributed by atoms with van der Waals surface area (Å²) in [4.78, 5) is 14.8. The van der Waals surface area contributed by atoms with Gasteiger partial charge in [-0.25, -0.2) is 9.37 Å². The number of nitrogens with one attached hydrogen (secondary N) is 1. The van der Waals surface area contributed by atoms with Gasteiger partial charge in [0.1, 0.15) is 0 Å². The lowest BCUT2D eigenvalue weighted by Gasteiger charge is -2.10. The number of carbonyl (C=O) groups excluding carboxylic acids is 1. The van der Waals surface area contributed by atoms with Gasteiger partial charge in [-0.15, -0.1) is 0 Å². The number of hydrogen-bond donors (Lipinski definition) is 1. The van der Waals surface area contributed by atoms with Crippen molar-refractivity contribution < 1.29 is 13.6 Å². The van der Waals surface area contributed by atoms with Gasteiger partial charge in [0.25, 0.3) is 5.91 Å². The molecule has 1 fully saturated rings. The summed E-state index contributed by atoms with van der Waals surface area (Å²) in [6.07, 6.45) is 3.28. The zero-order valence-corrected chi connectivity index (χ0v) is 9.90. The Hall–Kier alpha value is -1.17. The van der Waals surface area contributed by atoms with Crippen molar-refractivity contribution in [3.63, 3.8) is 0 Å². The number of nitrogens with zero attached hydrogens (tertiary/aromatic N) is 1. The molecule has 6 heteroatoms. The molecule has 1 amide bonds. The van der Waals surface area contributed by atoms with Crippen LogP contribution in [0.3, 0.4) is 0 Å². The zero-order valence-electron chi connectivity index (χ0n) is 9.08. The average Bonchev–Trinajstić information content (AvgIpc) is 2.82. The van der Waals surface area contributed by atoms with E-state index in [1.165, 1.54) is 6.07 Å². The van der Waals surface area contributed by atoms with Gasteiger partial charge in [-0.2, -0.15) is 16.2 Å². The van der Waals surface area contributed by atoms with E-state index in [0.29, 0.717) is 11.8 Å². The Morgan fingerprint density at radius 1 is 1.59 bits per heavy atom. The molecule has 0 radical (unpaired) electrons. The molecule has 1 aliphatic heterocycles. The summed E-state index contributed by atoms with van der Waals surface area (Å²) >= 11 is 1.79. The van der Waals surface area contributed by atoms with E-state index in [0.717, 1.165) is 24.8 Å². The monoisotopic (exact) mass is 258 g/mol. The summed E-state index contributed by atoms with van der Waals surface area (Å²) in [5.41, 5.74) is -0.291. The van der Waals surface area contributed by atoms with E-state index >= 15 is 0 Å². The fraction of sp³-hybridized carbons (Fsp3) is 0.455. The van der Waals surface area contributed by atoms with Crippen LogP contribution >= 0.6 is 11.8 Å². The molecule has 1 aliphatic rings. The third-order valence-corrected chi connectivity index (χ3v) is 4.00. The van der Waals surface area contributed by atoms with Crippen LogP contribution in [-0.2, 0) is 0 Å². The lowest BCUT2D eigenvalue weighted by Crippen LogP contribution is -2.30. The molecule has 1 atom stereocenters. The Morgan fingerprint density at radius 2 is 2.41 bits per heavy atom. The molecule has 0 aromatic carbocycles. The Labute approximate surface area is 102 Å². The summed E-state index contributed by atoms with van der Waals surface area (Å²) < 4.78 is 26.1. The van der Waals surface area contributed by atoms with Crippen molar-refractivity contribution in [3.05, 3.63) is 29.6 Å². The summed E-state index contributed by atoms with van der Waals surface area (Å²) in [7, 11) is 0. The van der Waals surface area contributed by atoms with Gasteiger partial charge >= 0.3 is 0 Å². The molecular weight excluding hydrogens is 246 g/mol. The molecule has 1 aromatic rings. The van der Waals surface area contributed by atoms with E-state index in [1.807, 2.05) is 0 Å². The zero-order chi connectivity index (χ0) is 12.3. The van der Waals surface area contributed by atoms with Gasteiger partial charge < -0.3 is 5.32 Å². The first-order valence-corrected chi connectivity index (χ1v) is 6.43. The lowest BCUT2D eigenvalue weighted by molar-refractivity contribution is 0.0948. The van der Waals surface area contributed by atoms with Crippen LogP contribution in [0.1, 0.15) is 23.2 Å². The lowest BCUT2D eigenvalue weighted by atomic mass is 10.2. The SMILES string of the molecule is O=C(NCC1CCCS1)c1ccnc(F)c1F. The second kappa shape index (κ2) is 5.44. The summed E-state index contributed by atoms with van der Waals surface area (Å²) in [6.45, 7) is 0.493. The Morgan fingerprint density at radius 3 is 3.12 bits per heavy atom. The number of halogens is 2. The van der Waals surface area contributed by atoms with Crippen LogP contribution in [0.2, 0.25) is 0 Å². The van der Waals surface area contributed by atoms with Gasteiger partial charge in [-0.3, -0.25) is 4.79 Å². The second-order valence-corrected chi connectivity index (χ2v) is 5.22. The molecule has 17 heavy (non-hydrogen) atoms. The van der Waals surface area contributed by atoms with E-state index in [2.05, 4.69) is 10.3 Å². The molecule has 1 aromatic heterocycles. The van der Waals surface area contributed by atoms with Crippen LogP contribution < -0.4 is 5.32 Å². The van der Waals surface area contributed by atoms with Crippen molar-refractivity contribution in [1.29, 1.82) is 0 Å². The van der Waals surface area contributed by atoms with Crippen molar-refractivity contribution in [2.24, 2.45) is 0 Å². The topological polar surface area (TPSA) is 42.0 Å². The first-order valence-electron chi connectivity index (χ1n) is 5.38. The summed E-state index contributed by atoms with van der Waals surface area (Å²) in [5, 5.41) is 3.00. The maximum absolute atomic E-state index is 13.2. The molecular formula is C11H12F2N2OS. The quantitative estimate of drug-likeness (QED) is 0.843. The van der Waals surface area contributed by atoms with Gasteiger partial charge in [-0.05, 0) is 24.7 Å². The maximum atomic E-state index is 13.2. The minimum atomic E-state index is -1.24. The van der Waals surface area contributed by atoms with Crippen molar-refractivity contribution in [1.82, 2.24) is 10.3 Å². The van der Waals surface area contributed by atoms with Gasteiger partial charge in [0.2, 0.25) is 5.95 Å². The minimum Gasteiger partial charge on any atom is -0.351 e. The molecule has 1 unspecified atom stereocenters. The van der Waals surface area contributed by atoms with Crippen LogP contribution in [0.4, 0.5) is 8.78 Å². The number of amides is 1. The Balaban J connectivity index is 1.97. The van der Waals surface area contributed by atoms with Crippen molar-refractivity contribution in [3.8, 4) is 0 Å². The molecule has 2 rings (SSSR count).